The zero-order valence-electron chi connectivity index (χ0n) is 11.7. The van der Waals surface area contributed by atoms with Gasteiger partial charge in [-0.3, -0.25) is 4.79 Å². The summed E-state index contributed by atoms with van der Waals surface area (Å²) in [4.78, 5) is 11.8. The van der Waals surface area contributed by atoms with E-state index in [1.165, 1.54) is 12.8 Å². The van der Waals surface area contributed by atoms with Crippen LogP contribution in [0.5, 0.6) is 0 Å². The van der Waals surface area contributed by atoms with Gasteiger partial charge in [-0.2, -0.15) is 0 Å². The number of hydrogen-bond donors (Lipinski definition) is 0. The van der Waals surface area contributed by atoms with Gasteiger partial charge in [0.2, 0.25) is 0 Å². The van der Waals surface area contributed by atoms with E-state index >= 15 is 0 Å². The van der Waals surface area contributed by atoms with Crippen molar-refractivity contribution in [2.75, 3.05) is 0 Å². The Labute approximate surface area is 105 Å². The summed E-state index contributed by atoms with van der Waals surface area (Å²) in [6.07, 6.45) is 6.39. The van der Waals surface area contributed by atoms with Crippen molar-refractivity contribution >= 4 is 5.97 Å². The van der Waals surface area contributed by atoms with Gasteiger partial charge >= 0.3 is 5.97 Å². The van der Waals surface area contributed by atoms with Gasteiger partial charge in [0.1, 0.15) is 6.10 Å². The van der Waals surface area contributed by atoms with Gasteiger partial charge in [0, 0.05) is 11.8 Å². The van der Waals surface area contributed by atoms with Crippen molar-refractivity contribution in [3.8, 4) is 0 Å². The Morgan fingerprint density at radius 2 is 2.06 bits per heavy atom. The minimum Gasteiger partial charge on any atom is -0.462 e. The topological polar surface area (TPSA) is 26.3 Å². The normalized spacial score (nSPS) is 38.4. The molecule has 2 fully saturated rings. The number of carbonyl (C=O) groups is 1. The number of carbonyl (C=O) groups excluding carboxylic acids is 1. The van der Waals surface area contributed by atoms with Crippen LogP contribution in [0.3, 0.4) is 0 Å². The van der Waals surface area contributed by atoms with Crippen molar-refractivity contribution < 1.29 is 9.53 Å². The molecule has 17 heavy (non-hydrogen) atoms. The van der Waals surface area contributed by atoms with Crippen LogP contribution in [-0.2, 0) is 9.53 Å². The number of unbranched alkanes of at least 4 members (excludes halogenated alkanes) is 1. The van der Waals surface area contributed by atoms with E-state index in [2.05, 4.69) is 27.7 Å². The predicted octanol–water partition coefficient (Wildman–Crippen LogP) is 3.93. The molecule has 0 aromatic carbocycles. The van der Waals surface area contributed by atoms with Crippen molar-refractivity contribution in [2.24, 2.45) is 16.7 Å². The van der Waals surface area contributed by atoms with Gasteiger partial charge in [-0.15, -0.1) is 0 Å². The van der Waals surface area contributed by atoms with E-state index in [9.17, 15) is 4.79 Å². The molecule has 2 bridgehead atoms. The molecule has 1 unspecified atom stereocenters. The molecule has 0 saturated heterocycles. The van der Waals surface area contributed by atoms with E-state index in [0.717, 1.165) is 25.2 Å². The average molecular weight is 238 g/mol. The first-order chi connectivity index (χ1) is 7.91. The molecule has 0 amide bonds. The molecule has 2 aliphatic carbocycles. The molecule has 0 radical (unpaired) electrons. The van der Waals surface area contributed by atoms with Crippen LogP contribution in [0.15, 0.2) is 0 Å². The first-order valence-electron chi connectivity index (χ1n) is 7.11. The maximum Gasteiger partial charge on any atom is 0.306 e. The third-order valence-electron chi connectivity index (χ3n) is 5.72. The van der Waals surface area contributed by atoms with Crippen LogP contribution >= 0.6 is 0 Å². The standard InChI is InChI=1S/C15H26O2/c1-5-6-7-13(16)17-12-10-11-8-9-15(12,4)14(11,2)3/h11-12H,5-10H2,1-4H3/t11-,12?,15-/m1/s1. The van der Waals surface area contributed by atoms with Crippen LogP contribution in [-0.4, -0.2) is 12.1 Å². The minimum atomic E-state index is 0.0152. The molecule has 98 valence electrons. The molecule has 0 aromatic heterocycles. The van der Waals surface area contributed by atoms with Gasteiger partial charge in [-0.05, 0) is 37.0 Å². The fourth-order valence-corrected chi connectivity index (χ4v) is 3.85. The summed E-state index contributed by atoms with van der Waals surface area (Å²) in [6, 6.07) is 0. The highest BCUT2D eigenvalue weighted by Crippen LogP contribution is 2.66. The molecule has 2 saturated carbocycles. The Balaban J connectivity index is 1.98. The maximum atomic E-state index is 11.8. The Bertz CT molecular complexity index is 308. The van der Waals surface area contributed by atoms with Crippen molar-refractivity contribution in [2.45, 2.75) is 72.3 Å². The van der Waals surface area contributed by atoms with Crippen LogP contribution < -0.4 is 0 Å². The van der Waals surface area contributed by atoms with Crippen LogP contribution in [0.2, 0.25) is 0 Å². The second kappa shape index (κ2) is 4.29. The summed E-state index contributed by atoms with van der Waals surface area (Å²) in [7, 11) is 0. The van der Waals surface area contributed by atoms with Gasteiger partial charge in [0.05, 0.1) is 0 Å². The molecule has 2 rings (SSSR count). The van der Waals surface area contributed by atoms with E-state index in [4.69, 9.17) is 4.74 Å². The van der Waals surface area contributed by atoms with Gasteiger partial charge < -0.3 is 4.74 Å². The zero-order chi connectivity index (χ0) is 12.7. The van der Waals surface area contributed by atoms with Gasteiger partial charge in [-0.25, -0.2) is 0 Å². The molecule has 0 N–H and O–H groups in total. The van der Waals surface area contributed by atoms with E-state index in [0.29, 0.717) is 11.8 Å². The number of ether oxygens (including phenoxy) is 1. The quantitative estimate of drug-likeness (QED) is 0.694. The van der Waals surface area contributed by atoms with Gasteiger partial charge in [0.15, 0.2) is 0 Å². The first-order valence-corrected chi connectivity index (χ1v) is 7.11. The molecule has 2 aliphatic rings. The predicted molar refractivity (Wildman–Crippen MR) is 68.6 cm³/mol. The summed E-state index contributed by atoms with van der Waals surface area (Å²) in [5.74, 6) is 0.762. The Morgan fingerprint density at radius 1 is 1.35 bits per heavy atom. The van der Waals surface area contributed by atoms with Crippen molar-refractivity contribution in [1.29, 1.82) is 0 Å². The second-order valence-electron chi connectivity index (χ2n) is 6.69. The molecule has 2 nitrogen and oxygen atoms in total. The highest BCUT2D eigenvalue weighted by atomic mass is 16.5. The summed E-state index contributed by atoms with van der Waals surface area (Å²) in [5.41, 5.74) is 0.544. The molecule has 0 spiro atoms. The number of hydrogen-bond acceptors (Lipinski definition) is 2. The van der Waals surface area contributed by atoms with Crippen LogP contribution in [0, 0.1) is 16.7 Å². The van der Waals surface area contributed by atoms with Crippen molar-refractivity contribution in [3.63, 3.8) is 0 Å². The van der Waals surface area contributed by atoms with Gasteiger partial charge in [-0.1, -0.05) is 34.1 Å². The third-order valence-corrected chi connectivity index (χ3v) is 5.72. The van der Waals surface area contributed by atoms with Crippen LogP contribution in [0.1, 0.15) is 66.2 Å². The summed E-state index contributed by atoms with van der Waals surface area (Å²) >= 11 is 0. The molecular weight excluding hydrogens is 212 g/mol. The van der Waals surface area contributed by atoms with Crippen molar-refractivity contribution in [3.05, 3.63) is 0 Å². The Kier molecular flexibility index (Phi) is 3.26. The largest absolute Gasteiger partial charge is 0.462 e. The number of fused-ring (bicyclic) bond motifs is 2. The van der Waals surface area contributed by atoms with E-state index < -0.39 is 0 Å². The molecule has 3 atom stereocenters. The second-order valence-corrected chi connectivity index (χ2v) is 6.69. The molecular formula is C15H26O2. The zero-order valence-corrected chi connectivity index (χ0v) is 11.7. The summed E-state index contributed by atoms with van der Waals surface area (Å²) < 4.78 is 5.75. The lowest BCUT2D eigenvalue weighted by molar-refractivity contribution is -0.157. The Morgan fingerprint density at radius 3 is 2.53 bits per heavy atom. The van der Waals surface area contributed by atoms with Crippen LogP contribution in [0.25, 0.3) is 0 Å². The first kappa shape index (κ1) is 12.9. The lowest BCUT2D eigenvalue weighted by atomic mass is 9.70. The lowest BCUT2D eigenvalue weighted by Gasteiger charge is -2.38. The van der Waals surface area contributed by atoms with E-state index in [1.54, 1.807) is 0 Å². The average Bonchev–Trinajstić information content (AvgIpc) is 2.59. The minimum absolute atomic E-state index is 0.0152. The maximum absolute atomic E-state index is 11.8. The molecule has 0 aromatic rings. The molecule has 0 aliphatic heterocycles. The third kappa shape index (κ3) is 1.90. The van der Waals surface area contributed by atoms with Gasteiger partial charge in [0.25, 0.3) is 0 Å². The molecule has 0 heterocycles. The lowest BCUT2D eigenvalue weighted by Crippen LogP contribution is -2.38. The highest BCUT2D eigenvalue weighted by molar-refractivity contribution is 5.69. The van der Waals surface area contributed by atoms with E-state index in [1.807, 2.05) is 0 Å². The van der Waals surface area contributed by atoms with E-state index in [-0.39, 0.29) is 17.5 Å². The Hall–Kier alpha value is -0.530. The molecule has 2 heteroatoms. The summed E-state index contributed by atoms with van der Waals surface area (Å²) in [5, 5.41) is 0. The highest BCUT2D eigenvalue weighted by Gasteiger charge is 2.62. The number of rotatable bonds is 4. The summed E-state index contributed by atoms with van der Waals surface area (Å²) in [6.45, 7) is 9.13. The fraction of sp³-hybridized carbons (Fsp3) is 0.933. The number of esters is 1. The SMILES string of the molecule is CCCCC(=O)OC1C[C@H]2CC[C@@]1(C)C2(C)C. The van der Waals surface area contributed by atoms with Crippen LogP contribution in [0.4, 0.5) is 0 Å². The monoisotopic (exact) mass is 238 g/mol. The van der Waals surface area contributed by atoms with Crippen molar-refractivity contribution in [1.82, 2.24) is 0 Å². The fourth-order valence-electron chi connectivity index (χ4n) is 3.85. The smallest absolute Gasteiger partial charge is 0.306 e.